The second kappa shape index (κ2) is 7.12. The summed E-state index contributed by atoms with van der Waals surface area (Å²) in [5.74, 6) is 0.415. The number of anilines is 2. The zero-order valence-corrected chi connectivity index (χ0v) is 13.5. The van der Waals surface area contributed by atoms with E-state index in [9.17, 15) is 9.59 Å². The molecule has 2 aromatic rings. The van der Waals surface area contributed by atoms with Crippen molar-refractivity contribution >= 4 is 23.4 Å². The van der Waals surface area contributed by atoms with Gasteiger partial charge in [-0.25, -0.2) is 9.78 Å². The molecule has 6 nitrogen and oxygen atoms in total. The third kappa shape index (κ3) is 3.37. The number of para-hydroxylation sites is 1. The van der Waals surface area contributed by atoms with E-state index in [1.807, 2.05) is 24.3 Å². The van der Waals surface area contributed by atoms with Crippen LogP contribution in [0.1, 0.15) is 28.8 Å². The third-order valence-electron chi connectivity index (χ3n) is 3.98. The van der Waals surface area contributed by atoms with Crippen molar-refractivity contribution in [1.29, 1.82) is 0 Å². The van der Waals surface area contributed by atoms with Crippen LogP contribution in [0.5, 0.6) is 0 Å². The maximum atomic E-state index is 11.8. The first-order chi connectivity index (χ1) is 11.7. The fraction of sp³-hybridized carbons (Fsp3) is 0.278. The van der Waals surface area contributed by atoms with Crippen LogP contribution in [-0.4, -0.2) is 30.5 Å². The predicted octanol–water partition coefficient (Wildman–Crippen LogP) is 2.61. The molecular weight excluding hydrogens is 306 g/mol. The van der Waals surface area contributed by atoms with E-state index >= 15 is 0 Å². The number of benzene rings is 1. The summed E-state index contributed by atoms with van der Waals surface area (Å²) in [5, 5.41) is 3.24. The molecule has 1 aliphatic rings. The number of nitrogens with one attached hydrogen (secondary N) is 1. The number of hydrogen-bond donors (Lipinski definition) is 1. The number of rotatable bonds is 5. The molecule has 3 rings (SSSR count). The van der Waals surface area contributed by atoms with Gasteiger partial charge in [-0.3, -0.25) is 9.69 Å². The SMILES string of the molecule is COC(=O)c1ccccc1NCc1ccnc(N2CCCC2=O)c1. The van der Waals surface area contributed by atoms with Crippen molar-refractivity contribution in [3.63, 3.8) is 0 Å². The highest BCUT2D eigenvalue weighted by atomic mass is 16.5. The Morgan fingerprint density at radius 1 is 1.33 bits per heavy atom. The lowest BCUT2D eigenvalue weighted by molar-refractivity contribution is -0.117. The van der Waals surface area contributed by atoms with Gasteiger partial charge in [-0.05, 0) is 36.2 Å². The molecule has 2 heterocycles. The summed E-state index contributed by atoms with van der Waals surface area (Å²) in [6, 6.07) is 11.0. The van der Waals surface area contributed by atoms with Gasteiger partial charge in [-0.1, -0.05) is 12.1 Å². The molecule has 0 radical (unpaired) electrons. The number of methoxy groups -OCH3 is 1. The number of amides is 1. The minimum atomic E-state index is -0.379. The van der Waals surface area contributed by atoms with E-state index in [0.717, 1.165) is 12.0 Å². The Hall–Kier alpha value is -2.89. The Kier molecular flexibility index (Phi) is 4.74. The number of carbonyl (C=O) groups is 2. The first kappa shape index (κ1) is 16.0. The third-order valence-corrected chi connectivity index (χ3v) is 3.98. The van der Waals surface area contributed by atoms with Crippen LogP contribution >= 0.6 is 0 Å². The summed E-state index contributed by atoms with van der Waals surface area (Å²) < 4.78 is 4.79. The largest absolute Gasteiger partial charge is 0.465 e. The average molecular weight is 325 g/mol. The number of esters is 1. The molecule has 124 valence electrons. The second-order valence-electron chi connectivity index (χ2n) is 5.56. The molecule has 1 saturated heterocycles. The van der Waals surface area contributed by atoms with Crippen molar-refractivity contribution in [2.45, 2.75) is 19.4 Å². The summed E-state index contributed by atoms with van der Waals surface area (Å²) in [4.78, 5) is 29.6. The molecule has 0 spiro atoms. The van der Waals surface area contributed by atoms with Crippen molar-refractivity contribution in [3.05, 3.63) is 53.7 Å². The maximum absolute atomic E-state index is 11.8. The normalized spacial score (nSPS) is 13.9. The van der Waals surface area contributed by atoms with Gasteiger partial charge in [-0.2, -0.15) is 0 Å². The standard InChI is InChI=1S/C18H19N3O3/c1-24-18(23)14-5-2-3-6-15(14)20-12-13-8-9-19-16(11-13)21-10-4-7-17(21)22/h2-3,5-6,8-9,11,20H,4,7,10,12H2,1H3. The van der Waals surface area contributed by atoms with Crippen LogP contribution in [0, 0.1) is 0 Å². The average Bonchev–Trinajstić information content (AvgIpc) is 3.06. The smallest absolute Gasteiger partial charge is 0.339 e. The molecule has 6 heteroatoms. The summed E-state index contributed by atoms with van der Waals surface area (Å²) in [6.07, 6.45) is 3.15. The number of nitrogens with zero attached hydrogens (tertiary/aromatic N) is 2. The molecule has 0 saturated carbocycles. The first-order valence-electron chi connectivity index (χ1n) is 7.85. The number of carbonyl (C=O) groups excluding carboxylic acids is 2. The molecule has 1 N–H and O–H groups in total. The van der Waals surface area contributed by atoms with Crippen LogP contribution in [0.25, 0.3) is 0 Å². The van der Waals surface area contributed by atoms with Crippen LogP contribution in [0.2, 0.25) is 0 Å². The minimum Gasteiger partial charge on any atom is -0.465 e. The van der Waals surface area contributed by atoms with Gasteiger partial charge < -0.3 is 10.1 Å². The van der Waals surface area contributed by atoms with Gasteiger partial charge in [0.05, 0.1) is 12.7 Å². The lowest BCUT2D eigenvalue weighted by Gasteiger charge is -2.16. The van der Waals surface area contributed by atoms with Gasteiger partial charge in [0.25, 0.3) is 0 Å². The van der Waals surface area contributed by atoms with Crippen LogP contribution in [0.3, 0.4) is 0 Å². The van der Waals surface area contributed by atoms with Gasteiger partial charge >= 0.3 is 5.97 Å². The molecule has 1 aliphatic heterocycles. The highest BCUT2D eigenvalue weighted by Crippen LogP contribution is 2.21. The number of hydrogen-bond acceptors (Lipinski definition) is 5. The molecule has 1 fully saturated rings. The monoisotopic (exact) mass is 325 g/mol. The molecule has 0 atom stereocenters. The second-order valence-corrected chi connectivity index (χ2v) is 5.56. The Morgan fingerprint density at radius 2 is 2.17 bits per heavy atom. The minimum absolute atomic E-state index is 0.114. The summed E-state index contributed by atoms with van der Waals surface area (Å²) in [5.41, 5.74) is 2.18. The number of ether oxygens (including phenoxy) is 1. The van der Waals surface area contributed by atoms with E-state index in [-0.39, 0.29) is 11.9 Å². The van der Waals surface area contributed by atoms with Crippen molar-refractivity contribution < 1.29 is 14.3 Å². The molecule has 1 amide bonds. The van der Waals surface area contributed by atoms with Gasteiger partial charge in [0.1, 0.15) is 5.82 Å². The van der Waals surface area contributed by atoms with E-state index in [4.69, 9.17) is 4.74 Å². The quantitative estimate of drug-likeness (QED) is 0.856. The van der Waals surface area contributed by atoms with Gasteiger partial charge in [0, 0.05) is 31.4 Å². The van der Waals surface area contributed by atoms with E-state index in [1.54, 1.807) is 23.2 Å². The van der Waals surface area contributed by atoms with Gasteiger partial charge in [0.15, 0.2) is 0 Å². The van der Waals surface area contributed by atoms with Gasteiger partial charge in [0.2, 0.25) is 5.91 Å². The molecule has 0 aliphatic carbocycles. The number of pyridine rings is 1. The van der Waals surface area contributed by atoms with Gasteiger partial charge in [-0.15, -0.1) is 0 Å². The highest BCUT2D eigenvalue weighted by Gasteiger charge is 2.22. The predicted molar refractivity (Wildman–Crippen MR) is 90.9 cm³/mol. The van der Waals surface area contributed by atoms with E-state index < -0.39 is 0 Å². The fourth-order valence-corrected chi connectivity index (χ4v) is 2.73. The topological polar surface area (TPSA) is 71.5 Å². The first-order valence-corrected chi connectivity index (χ1v) is 7.85. The molecular formula is C18H19N3O3. The van der Waals surface area contributed by atoms with Crippen molar-refractivity contribution in [2.24, 2.45) is 0 Å². The molecule has 1 aromatic heterocycles. The fourth-order valence-electron chi connectivity index (χ4n) is 2.73. The van der Waals surface area contributed by atoms with Crippen LogP contribution in [-0.2, 0) is 16.1 Å². The van der Waals surface area contributed by atoms with Crippen LogP contribution in [0.4, 0.5) is 11.5 Å². The maximum Gasteiger partial charge on any atom is 0.339 e. The van der Waals surface area contributed by atoms with Crippen LogP contribution in [0.15, 0.2) is 42.6 Å². The van der Waals surface area contributed by atoms with E-state index in [2.05, 4.69) is 10.3 Å². The Morgan fingerprint density at radius 3 is 2.92 bits per heavy atom. The lowest BCUT2D eigenvalue weighted by Crippen LogP contribution is -2.24. The summed E-state index contributed by atoms with van der Waals surface area (Å²) in [6.45, 7) is 1.24. The number of aromatic nitrogens is 1. The summed E-state index contributed by atoms with van der Waals surface area (Å²) in [7, 11) is 1.36. The van der Waals surface area contributed by atoms with E-state index in [1.165, 1.54) is 7.11 Å². The molecule has 0 bridgehead atoms. The Bertz CT molecular complexity index is 761. The molecule has 0 unspecified atom stereocenters. The zero-order valence-electron chi connectivity index (χ0n) is 13.5. The highest BCUT2D eigenvalue weighted by molar-refractivity contribution is 5.95. The lowest BCUT2D eigenvalue weighted by atomic mass is 10.1. The van der Waals surface area contributed by atoms with Crippen LogP contribution < -0.4 is 10.2 Å². The Balaban J connectivity index is 1.74. The zero-order chi connectivity index (χ0) is 16.9. The summed E-state index contributed by atoms with van der Waals surface area (Å²) >= 11 is 0. The van der Waals surface area contributed by atoms with Crippen molar-refractivity contribution in [2.75, 3.05) is 23.9 Å². The van der Waals surface area contributed by atoms with E-state index in [0.29, 0.717) is 36.6 Å². The molecule has 1 aromatic carbocycles. The van der Waals surface area contributed by atoms with Crippen molar-refractivity contribution in [3.8, 4) is 0 Å². The van der Waals surface area contributed by atoms with Crippen molar-refractivity contribution in [1.82, 2.24) is 4.98 Å². The molecule has 24 heavy (non-hydrogen) atoms. The Labute approximate surface area is 140 Å².